The van der Waals surface area contributed by atoms with E-state index in [2.05, 4.69) is 15.4 Å². The minimum absolute atomic E-state index is 0.240. The lowest BCUT2D eigenvalue weighted by molar-refractivity contribution is 0.178. The van der Waals surface area contributed by atoms with E-state index >= 15 is 0 Å². The largest absolute Gasteiger partial charge is 0.396 e. The van der Waals surface area contributed by atoms with Crippen LogP contribution in [0, 0.1) is 12.8 Å². The molecule has 2 aromatic heterocycles. The van der Waals surface area contributed by atoms with Crippen LogP contribution in [0.25, 0.3) is 5.65 Å². The molecule has 2 N–H and O–H groups in total. The number of fused-ring (bicyclic) bond motifs is 1. The van der Waals surface area contributed by atoms with E-state index in [1.54, 1.807) is 4.52 Å². The summed E-state index contributed by atoms with van der Waals surface area (Å²) in [6.07, 6.45) is 6.56. The van der Waals surface area contributed by atoms with Gasteiger partial charge in [-0.1, -0.05) is 18.9 Å². The number of rotatable bonds is 3. The molecule has 2 unspecified atom stereocenters. The van der Waals surface area contributed by atoms with Gasteiger partial charge in [-0.25, -0.2) is 4.52 Å². The number of hydrogen-bond acceptors (Lipinski definition) is 4. The van der Waals surface area contributed by atoms with Crippen molar-refractivity contribution in [2.75, 3.05) is 11.9 Å². The van der Waals surface area contributed by atoms with Crippen LogP contribution in [0.2, 0.25) is 0 Å². The lowest BCUT2D eigenvalue weighted by Crippen LogP contribution is -2.34. The van der Waals surface area contributed by atoms with Crippen molar-refractivity contribution in [1.29, 1.82) is 0 Å². The topological polar surface area (TPSA) is 62.5 Å². The number of aryl methyl sites for hydroxylation is 1. The van der Waals surface area contributed by atoms with Crippen LogP contribution in [-0.4, -0.2) is 32.4 Å². The Morgan fingerprint density at radius 3 is 3.05 bits per heavy atom. The Hall–Kier alpha value is -1.62. The summed E-state index contributed by atoms with van der Waals surface area (Å²) in [4.78, 5) is 4.48. The van der Waals surface area contributed by atoms with Gasteiger partial charge in [0.25, 0.3) is 0 Å². The third kappa shape index (κ3) is 2.56. The van der Waals surface area contributed by atoms with Crippen LogP contribution in [0.4, 0.5) is 5.95 Å². The molecule has 2 atom stereocenters. The molecule has 1 aliphatic carbocycles. The standard InChI is InChI=1S/C14H20N4O/c1-10-6-7-13-16-14(17-18(13)8-10)15-12-5-3-2-4-11(12)9-19/h6-8,11-12,19H,2-5,9H2,1H3,(H,15,17). The number of aliphatic hydroxyl groups excluding tert-OH is 1. The van der Waals surface area contributed by atoms with Crippen LogP contribution in [-0.2, 0) is 0 Å². The maximum absolute atomic E-state index is 9.43. The third-order valence-electron chi connectivity index (χ3n) is 3.94. The molecule has 0 aliphatic heterocycles. The fourth-order valence-electron chi connectivity index (χ4n) is 2.83. The van der Waals surface area contributed by atoms with Crippen LogP contribution >= 0.6 is 0 Å². The molecule has 0 radical (unpaired) electrons. The summed E-state index contributed by atoms with van der Waals surface area (Å²) in [6, 6.07) is 4.29. The SMILES string of the molecule is Cc1ccc2nc(NC3CCCCC3CO)nn2c1. The molecule has 2 aromatic rings. The maximum atomic E-state index is 9.43. The Kier molecular flexibility index (Phi) is 3.38. The fraction of sp³-hybridized carbons (Fsp3) is 0.571. The van der Waals surface area contributed by atoms with Crippen molar-refractivity contribution in [3.8, 4) is 0 Å². The van der Waals surface area contributed by atoms with Crippen molar-refractivity contribution < 1.29 is 5.11 Å². The van der Waals surface area contributed by atoms with Gasteiger partial charge in [-0.05, 0) is 31.4 Å². The Labute approximate surface area is 112 Å². The Balaban J connectivity index is 1.80. The van der Waals surface area contributed by atoms with Crippen LogP contribution in [0.1, 0.15) is 31.2 Å². The molecule has 0 amide bonds. The smallest absolute Gasteiger partial charge is 0.243 e. The van der Waals surface area contributed by atoms with Crippen molar-refractivity contribution in [2.24, 2.45) is 5.92 Å². The third-order valence-corrected chi connectivity index (χ3v) is 3.94. The number of nitrogens with zero attached hydrogens (tertiary/aromatic N) is 3. The predicted molar refractivity (Wildman–Crippen MR) is 74.2 cm³/mol. The number of nitrogens with one attached hydrogen (secondary N) is 1. The van der Waals surface area contributed by atoms with Gasteiger partial charge >= 0.3 is 0 Å². The normalized spacial score (nSPS) is 23.7. The highest BCUT2D eigenvalue weighted by Gasteiger charge is 2.25. The second-order valence-corrected chi connectivity index (χ2v) is 5.42. The van der Waals surface area contributed by atoms with Crippen molar-refractivity contribution >= 4 is 11.6 Å². The van der Waals surface area contributed by atoms with Gasteiger partial charge in [0.15, 0.2) is 5.65 Å². The van der Waals surface area contributed by atoms with Gasteiger partial charge in [0, 0.05) is 24.8 Å². The van der Waals surface area contributed by atoms with Crippen molar-refractivity contribution in [2.45, 2.75) is 38.6 Å². The summed E-state index contributed by atoms with van der Waals surface area (Å²) in [5.74, 6) is 0.984. The predicted octanol–water partition coefficient (Wildman–Crippen LogP) is 2.00. The monoisotopic (exact) mass is 260 g/mol. The van der Waals surface area contributed by atoms with Gasteiger partial charge in [0.1, 0.15) is 0 Å². The second-order valence-electron chi connectivity index (χ2n) is 5.42. The van der Waals surface area contributed by atoms with Crippen molar-refractivity contribution in [1.82, 2.24) is 14.6 Å². The number of anilines is 1. The van der Waals surface area contributed by atoms with E-state index < -0.39 is 0 Å². The summed E-state index contributed by atoms with van der Waals surface area (Å²) in [7, 11) is 0. The van der Waals surface area contributed by atoms with Crippen LogP contribution < -0.4 is 5.32 Å². The Morgan fingerprint density at radius 2 is 2.21 bits per heavy atom. The van der Waals surface area contributed by atoms with E-state index in [9.17, 15) is 5.11 Å². The van der Waals surface area contributed by atoms with E-state index in [0.29, 0.717) is 11.9 Å². The molecule has 102 valence electrons. The van der Waals surface area contributed by atoms with Gasteiger partial charge in [0.2, 0.25) is 5.95 Å². The molecule has 5 heteroatoms. The Morgan fingerprint density at radius 1 is 1.37 bits per heavy atom. The fourth-order valence-corrected chi connectivity index (χ4v) is 2.83. The number of hydrogen-bond donors (Lipinski definition) is 2. The van der Waals surface area contributed by atoms with Gasteiger partial charge in [-0.15, -0.1) is 5.10 Å². The van der Waals surface area contributed by atoms with E-state index in [1.165, 1.54) is 12.8 Å². The quantitative estimate of drug-likeness (QED) is 0.886. The first-order valence-corrected chi connectivity index (χ1v) is 6.96. The molecule has 1 fully saturated rings. The first kappa shape index (κ1) is 12.4. The lowest BCUT2D eigenvalue weighted by Gasteiger charge is -2.30. The zero-order chi connectivity index (χ0) is 13.2. The van der Waals surface area contributed by atoms with Gasteiger partial charge in [0.05, 0.1) is 0 Å². The molecule has 3 rings (SSSR count). The molecule has 0 aromatic carbocycles. The Bertz CT molecular complexity index is 566. The summed E-state index contributed by atoms with van der Waals surface area (Å²) in [5.41, 5.74) is 2.01. The molecule has 1 aliphatic rings. The average Bonchev–Trinajstić information content (AvgIpc) is 2.80. The van der Waals surface area contributed by atoms with Crippen LogP contribution in [0.3, 0.4) is 0 Å². The summed E-state index contributed by atoms with van der Waals surface area (Å²) < 4.78 is 1.80. The molecule has 5 nitrogen and oxygen atoms in total. The molecular formula is C14H20N4O. The average molecular weight is 260 g/mol. The highest BCUT2D eigenvalue weighted by molar-refractivity contribution is 5.44. The molecule has 2 heterocycles. The van der Waals surface area contributed by atoms with E-state index in [4.69, 9.17) is 0 Å². The molecule has 1 saturated carbocycles. The van der Waals surface area contributed by atoms with E-state index in [-0.39, 0.29) is 12.6 Å². The molecule has 0 saturated heterocycles. The molecular weight excluding hydrogens is 240 g/mol. The van der Waals surface area contributed by atoms with Crippen LogP contribution in [0.5, 0.6) is 0 Å². The van der Waals surface area contributed by atoms with Gasteiger partial charge in [-0.3, -0.25) is 0 Å². The molecule has 0 spiro atoms. The molecule has 19 heavy (non-hydrogen) atoms. The summed E-state index contributed by atoms with van der Waals surface area (Å²) >= 11 is 0. The van der Waals surface area contributed by atoms with Crippen LogP contribution in [0.15, 0.2) is 18.3 Å². The zero-order valence-corrected chi connectivity index (χ0v) is 11.2. The summed E-state index contributed by atoms with van der Waals surface area (Å²) in [5, 5.41) is 17.3. The number of aliphatic hydroxyl groups is 1. The zero-order valence-electron chi connectivity index (χ0n) is 11.2. The lowest BCUT2D eigenvalue weighted by atomic mass is 9.85. The summed E-state index contributed by atoms with van der Waals surface area (Å²) in [6.45, 7) is 2.28. The number of aromatic nitrogens is 3. The van der Waals surface area contributed by atoms with Gasteiger partial charge < -0.3 is 10.4 Å². The van der Waals surface area contributed by atoms with Gasteiger partial charge in [-0.2, -0.15) is 4.98 Å². The van der Waals surface area contributed by atoms with Crippen molar-refractivity contribution in [3.05, 3.63) is 23.9 Å². The van der Waals surface area contributed by atoms with Crippen molar-refractivity contribution in [3.63, 3.8) is 0 Å². The minimum Gasteiger partial charge on any atom is -0.396 e. The first-order chi connectivity index (χ1) is 9.26. The maximum Gasteiger partial charge on any atom is 0.243 e. The minimum atomic E-state index is 0.240. The molecule has 0 bridgehead atoms. The number of pyridine rings is 1. The highest BCUT2D eigenvalue weighted by atomic mass is 16.3. The second kappa shape index (κ2) is 5.17. The van der Waals surface area contributed by atoms with E-state index in [1.807, 2.05) is 25.3 Å². The first-order valence-electron chi connectivity index (χ1n) is 6.96. The highest BCUT2D eigenvalue weighted by Crippen LogP contribution is 2.26. The van der Waals surface area contributed by atoms with E-state index in [0.717, 1.165) is 24.1 Å².